The van der Waals surface area contributed by atoms with Crippen molar-refractivity contribution in [3.63, 3.8) is 0 Å². The summed E-state index contributed by atoms with van der Waals surface area (Å²) < 4.78 is 1.14. The monoisotopic (exact) mass is 216 g/mol. The molecule has 1 heterocycles. The smallest absolute Gasteiger partial charge is 0.343 e. The molecule has 16 heavy (non-hydrogen) atoms. The minimum Gasteiger partial charge on any atom is -0.383 e. The van der Waals surface area contributed by atoms with Crippen LogP contribution in [0.25, 0.3) is 11.3 Å². The van der Waals surface area contributed by atoms with E-state index in [9.17, 15) is 4.79 Å². The van der Waals surface area contributed by atoms with Crippen LogP contribution >= 0.6 is 0 Å². The van der Waals surface area contributed by atoms with Crippen molar-refractivity contribution in [1.82, 2.24) is 15.1 Å². The summed E-state index contributed by atoms with van der Waals surface area (Å²) >= 11 is 0. The quantitative estimate of drug-likeness (QED) is 0.755. The molecule has 2 aromatic rings. The van der Waals surface area contributed by atoms with Crippen LogP contribution in [0, 0.1) is 0 Å². The zero-order valence-corrected chi connectivity index (χ0v) is 8.84. The van der Waals surface area contributed by atoms with Crippen LogP contribution < -0.4 is 11.1 Å². The van der Waals surface area contributed by atoms with E-state index < -0.39 is 0 Å². The molecule has 0 aliphatic carbocycles. The van der Waals surface area contributed by atoms with Gasteiger partial charge in [-0.1, -0.05) is 30.3 Å². The lowest BCUT2D eigenvalue weighted by atomic mass is 10.2. The average Bonchev–Trinajstić information content (AvgIpc) is 2.71. The van der Waals surface area contributed by atoms with Crippen LogP contribution in [-0.4, -0.2) is 22.9 Å². The molecule has 5 nitrogen and oxygen atoms in total. The number of aromatic nitrogens is 2. The molecule has 5 heteroatoms. The minimum absolute atomic E-state index is 0.318. The summed E-state index contributed by atoms with van der Waals surface area (Å²) in [5, 5.41) is 6.60. The molecular weight excluding hydrogens is 204 g/mol. The molecular formula is C11H12N4O. The Morgan fingerprint density at radius 1 is 1.38 bits per heavy atom. The number of nitrogens with one attached hydrogen (secondary N) is 1. The lowest BCUT2D eigenvalue weighted by molar-refractivity contribution is 0.242. The van der Waals surface area contributed by atoms with Crippen LogP contribution in [0.3, 0.4) is 0 Å². The molecule has 0 unspecified atom stereocenters. The van der Waals surface area contributed by atoms with Crippen LogP contribution in [0.4, 0.5) is 10.6 Å². The molecule has 0 atom stereocenters. The molecule has 0 fully saturated rings. The first-order valence-corrected chi connectivity index (χ1v) is 4.85. The maximum absolute atomic E-state index is 11.4. The second-order valence-electron chi connectivity index (χ2n) is 3.29. The van der Waals surface area contributed by atoms with Gasteiger partial charge < -0.3 is 11.1 Å². The Kier molecular flexibility index (Phi) is 2.59. The van der Waals surface area contributed by atoms with Gasteiger partial charge in [0.1, 0.15) is 5.82 Å². The van der Waals surface area contributed by atoms with Gasteiger partial charge in [-0.25, -0.2) is 4.79 Å². The first kappa shape index (κ1) is 10.2. The zero-order chi connectivity index (χ0) is 11.5. The Morgan fingerprint density at radius 3 is 2.69 bits per heavy atom. The van der Waals surface area contributed by atoms with Crippen molar-refractivity contribution in [2.75, 3.05) is 12.8 Å². The van der Waals surface area contributed by atoms with Crippen molar-refractivity contribution in [2.24, 2.45) is 0 Å². The van der Waals surface area contributed by atoms with Crippen molar-refractivity contribution in [3.05, 3.63) is 36.4 Å². The Bertz CT molecular complexity index is 504. The normalized spacial score (nSPS) is 10.1. The van der Waals surface area contributed by atoms with Gasteiger partial charge in [0.15, 0.2) is 0 Å². The third-order valence-corrected chi connectivity index (χ3v) is 2.21. The van der Waals surface area contributed by atoms with Crippen molar-refractivity contribution < 1.29 is 4.79 Å². The molecule has 1 aromatic carbocycles. The number of benzene rings is 1. The SMILES string of the molecule is CNC(=O)n1nc(-c2ccccc2)cc1N. The summed E-state index contributed by atoms with van der Waals surface area (Å²) in [6.45, 7) is 0. The Labute approximate surface area is 92.9 Å². The van der Waals surface area contributed by atoms with E-state index in [1.54, 1.807) is 6.07 Å². The largest absolute Gasteiger partial charge is 0.383 e. The number of hydrogen-bond donors (Lipinski definition) is 2. The molecule has 0 saturated heterocycles. The molecule has 0 aliphatic heterocycles. The summed E-state index contributed by atoms with van der Waals surface area (Å²) in [5.74, 6) is 0.318. The molecule has 0 radical (unpaired) electrons. The number of rotatable bonds is 1. The number of nitrogens with zero attached hydrogens (tertiary/aromatic N) is 2. The molecule has 2 rings (SSSR count). The van der Waals surface area contributed by atoms with E-state index in [0.29, 0.717) is 11.5 Å². The second-order valence-corrected chi connectivity index (χ2v) is 3.29. The van der Waals surface area contributed by atoms with Crippen molar-refractivity contribution >= 4 is 11.8 Å². The van der Waals surface area contributed by atoms with E-state index >= 15 is 0 Å². The van der Waals surface area contributed by atoms with Gasteiger partial charge in [0.2, 0.25) is 0 Å². The van der Waals surface area contributed by atoms with Crippen LogP contribution in [0.15, 0.2) is 36.4 Å². The number of carbonyl (C=O) groups excluding carboxylic acids is 1. The highest BCUT2D eigenvalue weighted by molar-refractivity contribution is 5.80. The summed E-state index contributed by atoms with van der Waals surface area (Å²) in [6.07, 6.45) is 0. The number of carbonyl (C=O) groups is 1. The molecule has 82 valence electrons. The second kappa shape index (κ2) is 4.06. The summed E-state index contributed by atoms with van der Waals surface area (Å²) in [5.41, 5.74) is 7.30. The molecule has 3 N–H and O–H groups in total. The minimum atomic E-state index is -0.348. The highest BCUT2D eigenvalue weighted by Crippen LogP contribution is 2.19. The van der Waals surface area contributed by atoms with E-state index in [0.717, 1.165) is 10.2 Å². The van der Waals surface area contributed by atoms with Gasteiger partial charge in [0.05, 0.1) is 5.69 Å². The molecule has 1 aromatic heterocycles. The Balaban J connectivity index is 2.42. The fourth-order valence-corrected chi connectivity index (χ4v) is 1.41. The first-order valence-electron chi connectivity index (χ1n) is 4.85. The summed E-state index contributed by atoms with van der Waals surface area (Å²) in [6, 6.07) is 10.9. The lowest BCUT2D eigenvalue weighted by Gasteiger charge is -1.99. The third kappa shape index (κ3) is 1.75. The van der Waals surface area contributed by atoms with Crippen molar-refractivity contribution in [3.8, 4) is 11.3 Å². The molecule has 0 aliphatic rings. The van der Waals surface area contributed by atoms with Gasteiger partial charge >= 0.3 is 6.03 Å². The first-order chi connectivity index (χ1) is 7.72. The topological polar surface area (TPSA) is 72.9 Å². The highest BCUT2D eigenvalue weighted by atomic mass is 16.2. The van der Waals surface area contributed by atoms with Crippen molar-refractivity contribution in [1.29, 1.82) is 0 Å². The van der Waals surface area contributed by atoms with Gasteiger partial charge in [0, 0.05) is 18.7 Å². The maximum atomic E-state index is 11.4. The number of nitrogen functional groups attached to an aromatic ring is 1. The van der Waals surface area contributed by atoms with Crippen LogP contribution in [-0.2, 0) is 0 Å². The number of amides is 1. The van der Waals surface area contributed by atoms with E-state index in [1.165, 1.54) is 7.05 Å². The summed E-state index contributed by atoms with van der Waals surface area (Å²) in [4.78, 5) is 11.4. The number of hydrogen-bond acceptors (Lipinski definition) is 3. The molecule has 0 spiro atoms. The molecule has 0 bridgehead atoms. The van der Waals surface area contributed by atoms with Crippen LogP contribution in [0.1, 0.15) is 0 Å². The molecule has 0 saturated carbocycles. The van der Waals surface area contributed by atoms with Crippen LogP contribution in [0.5, 0.6) is 0 Å². The average molecular weight is 216 g/mol. The van der Waals surface area contributed by atoms with Gasteiger partial charge in [-0.3, -0.25) is 0 Å². The van der Waals surface area contributed by atoms with Gasteiger partial charge in [0.25, 0.3) is 0 Å². The predicted molar refractivity (Wildman–Crippen MR) is 61.9 cm³/mol. The lowest BCUT2D eigenvalue weighted by Crippen LogP contribution is -2.26. The van der Waals surface area contributed by atoms with E-state index in [4.69, 9.17) is 5.73 Å². The van der Waals surface area contributed by atoms with Gasteiger partial charge in [-0.05, 0) is 0 Å². The third-order valence-electron chi connectivity index (χ3n) is 2.21. The zero-order valence-electron chi connectivity index (χ0n) is 8.84. The fourth-order valence-electron chi connectivity index (χ4n) is 1.41. The number of nitrogens with two attached hydrogens (primary N) is 1. The number of anilines is 1. The summed E-state index contributed by atoms with van der Waals surface area (Å²) in [7, 11) is 1.53. The predicted octanol–water partition coefficient (Wildman–Crippen LogP) is 1.32. The Hall–Kier alpha value is -2.30. The fraction of sp³-hybridized carbons (Fsp3) is 0.0909. The van der Waals surface area contributed by atoms with E-state index in [1.807, 2.05) is 30.3 Å². The van der Waals surface area contributed by atoms with Gasteiger partial charge in [-0.15, -0.1) is 0 Å². The standard InChI is InChI=1S/C11H12N4O/c1-13-11(16)15-10(12)7-9(14-15)8-5-3-2-4-6-8/h2-7H,12H2,1H3,(H,13,16). The van der Waals surface area contributed by atoms with Crippen LogP contribution in [0.2, 0.25) is 0 Å². The Morgan fingerprint density at radius 2 is 2.06 bits per heavy atom. The van der Waals surface area contributed by atoms with E-state index in [2.05, 4.69) is 10.4 Å². The maximum Gasteiger partial charge on any atom is 0.343 e. The van der Waals surface area contributed by atoms with Gasteiger partial charge in [-0.2, -0.15) is 9.78 Å². The van der Waals surface area contributed by atoms with Crippen molar-refractivity contribution in [2.45, 2.75) is 0 Å². The highest BCUT2D eigenvalue weighted by Gasteiger charge is 2.11. The molecule has 1 amide bonds. The van der Waals surface area contributed by atoms with E-state index in [-0.39, 0.29) is 6.03 Å².